The van der Waals surface area contributed by atoms with Gasteiger partial charge in [0.05, 0.1) is 12.2 Å². The zero-order chi connectivity index (χ0) is 21.1. The highest BCUT2D eigenvalue weighted by atomic mass is 19.1. The van der Waals surface area contributed by atoms with Crippen LogP contribution in [0.5, 0.6) is 5.75 Å². The third-order valence-corrected chi connectivity index (χ3v) is 5.92. The summed E-state index contributed by atoms with van der Waals surface area (Å²) in [6.45, 7) is 5.83. The van der Waals surface area contributed by atoms with E-state index in [1.807, 2.05) is 23.6 Å². The molecule has 0 spiro atoms. The Morgan fingerprint density at radius 3 is 2.63 bits per heavy atom. The number of hydrogen-bond acceptors (Lipinski definition) is 5. The number of likely N-dealkylation sites (tertiary alicyclic amines) is 1. The second kappa shape index (κ2) is 9.14. The lowest BCUT2D eigenvalue weighted by Gasteiger charge is -2.42. The summed E-state index contributed by atoms with van der Waals surface area (Å²) in [5, 5.41) is 4.42. The lowest BCUT2D eigenvalue weighted by Crippen LogP contribution is -2.55. The van der Waals surface area contributed by atoms with E-state index in [0.29, 0.717) is 18.9 Å². The van der Waals surface area contributed by atoms with E-state index in [2.05, 4.69) is 16.2 Å². The summed E-state index contributed by atoms with van der Waals surface area (Å²) in [5.74, 6) is 0.357. The fourth-order valence-electron chi connectivity index (χ4n) is 4.25. The largest absolute Gasteiger partial charge is 0.491 e. The van der Waals surface area contributed by atoms with Crippen molar-refractivity contribution in [3.63, 3.8) is 0 Å². The van der Waals surface area contributed by atoms with Gasteiger partial charge in [-0.2, -0.15) is 5.10 Å². The number of ether oxygens (including phenoxy) is 2. The first-order valence-electron chi connectivity index (χ1n) is 10.5. The molecule has 162 valence electrons. The molecule has 2 saturated heterocycles. The van der Waals surface area contributed by atoms with E-state index >= 15 is 0 Å². The Labute approximate surface area is 176 Å². The second-order valence-corrected chi connectivity index (χ2v) is 8.16. The van der Waals surface area contributed by atoms with E-state index in [1.54, 1.807) is 12.1 Å². The molecule has 2 aliphatic rings. The summed E-state index contributed by atoms with van der Waals surface area (Å²) in [6, 6.07) is 6.17. The van der Waals surface area contributed by atoms with Crippen LogP contribution in [-0.2, 0) is 23.1 Å². The van der Waals surface area contributed by atoms with Crippen molar-refractivity contribution in [2.45, 2.75) is 38.5 Å². The number of aromatic nitrogens is 2. The van der Waals surface area contributed by atoms with Gasteiger partial charge in [0.1, 0.15) is 30.9 Å². The molecule has 4 rings (SSSR count). The smallest absolute Gasteiger partial charge is 0.248 e. The molecule has 2 aromatic rings. The minimum Gasteiger partial charge on any atom is -0.491 e. The molecular weight excluding hydrogens is 387 g/mol. The van der Waals surface area contributed by atoms with Gasteiger partial charge in [-0.25, -0.2) is 4.39 Å². The Hall–Kier alpha value is -2.45. The van der Waals surface area contributed by atoms with Crippen LogP contribution in [0.3, 0.4) is 0 Å². The van der Waals surface area contributed by atoms with Crippen LogP contribution in [0, 0.1) is 12.7 Å². The van der Waals surface area contributed by atoms with E-state index in [0.717, 1.165) is 38.2 Å². The number of benzene rings is 1. The fourth-order valence-corrected chi connectivity index (χ4v) is 4.25. The number of rotatable bonds is 6. The first-order chi connectivity index (χ1) is 14.5. The van der Waals surface area contributed by atoms with Crippen molar-refractivity contribution >= 4 is 5.91 Å². The molecular formula is C22H29FN4O3. The van der Waals surface area contributed by atoms with Crippen LogP contribution in [-0.4, -0.2) is 70.5 Å². The second-order valence-electron chi connectivity index (χ2n) is 8.16. The highest BCUT2D eigenvalue weighted by molar-refractivity contribution is 5.78. The molecule has 3 heterocycles. The average molecular weight is 416 g/mol. The van der Waals surface area contributed by atoms with Crippen LogP contribution in [0.15, 0.2) is 30.5 Å². The van der Waals surface area contributed by atoms with Crippen LogP contribution < -0.4 is 4.74 Å². The summed E-state index contributed by atoms with van der Waals surface area (Å²) >= 11 is 0. The zero-order valence-electron chi connectivity index (χ0n) is 17.6. The number of nitrogens with zero attached hydrogens (tertiary/aromatic N) is 4. The summed E-state index contributed by atoms with van der Waals surface area (Å²) in [6.07, 6.45) is 3.81. The number of amides is 1. The van der Waals surface area contributed by atoms with Crippen LogP contribution in [0.25, 0.3) is 0 Å². The molecule has 1 unspecified atom stereocenters. The number of hydrogen-bond donors (Lipinski definition) is 0. The molecule has 1 aromatic carbocycles. The van der Waals surface area contributed by atoms with Gasteiger partial charge in [-0.3, -0.25) is 14.4 Å². The van der Waals surface area contributed by atoms with Crippen molar-refractivity contribution in [1.29, 1.82) is 0 Å². The number of piperidine rings is 1. The van der Waals surface area contributed by atoms with Crippen molar-refractivity contribution in [3.8, 4) is 5.75 Å². The SMILES string of the molecule is Cc1nn(C)cc1CN1CCC(N2CC(COc3ccc(F)cc3)OCC2=O)CC1. The monoisotopic (exact) mass is 416 g/mol. The molecule has 30 heavy (non-hydrogen) atoms. The number of morpholine rings is 1. The van der Waals surface area contributed by atoms with Crippen molar-refractivity contribution in [1.82, 2.24) is 19.6 Å². The van der Waals surface area contributed by atoms with Crippen LogP contribution in [0.1, 0.15) is 24.1 Å². The van der Waals surface area contributed by atoms with Crippen LogP contribution >= 0.6 is 0 Å². The molecule has 0 bridgehead atoms. The van der Waals surface area contributed by atoms with Crippen molar-refractivity contribution in [2.75, 3.05) is 32.8 Å². The van der Waals surface area contributed by atoms with Crippen LogP contribution in [0.4, 0.5) is 4.39 Å². The predicted octanol–water partition coefficient (Wildman–Crippen LogP) is 2.14. The molecule has 7 nitrogen and oxygen atoms in total. The van der Waals surface area contributed by atoms with Gasteiger partial charge in [-0.1, -0.05) is 0 Å². The molecule has 8 heteroatoms. The Kier molecular flexibility index (Phi) is 6.34. The Bertz CT molecular complexity index is 862. The highest BCUT2D eigenvalue weighted by Gasteiger charge is 2.34. The maximum Gasteiger partial charge on any atom is 0.248 e. The summed E-state index contributed by atoms with van der Waals surface area (Å²) in [7, 11) is 1.95. The van der Waals surface area contributed by atoms with Gasteiger partial charge < -0.3 is 14.4 Å². The van der Waals surface area contributed by atoms with Crippen molar-refractivity contribution < 1.29 is 18.7 Å². The van der Waals surface area contributed by atoms with Gasteiger partial charge in [-0.15, -0.1) is 0 Å². The minimum atomic E-state index is -0.293. The van der Waals surface area contributed by atoms with Gasteiger partial charge in [0.15, 0.2) is 0 Å². The number of carbonyl (C=O) groups is 1. The van der Waals surface area contributed by atoms with Crippen molar-refractivity contribution in [2.24, 2.45) is 7.05 Å². The Balaban J connectivity index is 1.27. The van der Waals surface area contributed by atoms with E-state index in [4.69, 9.17) is 9.47 Å². The average Bonchev–Trinajstić information content (AvgIpc) is 3.06. The van der Waals surface area contributed by atoms with E-state index in [9.17, 15) is 9.18 Å². The zero-order valence-corrected chi connectivity index (χ0v) is 17.6. The minimum absolute atomic E-state index is 0.0505. The van der Waals surface area contributed by atoms with Crippen LogP contribution in [0.2, 0.25) is 0 Å². The van der Waals surface area contributed by atoms with Crippen molar-refractivity contribution in [3.05, 3.63) is 47.5 Å². The quantitative estimate of drug-likeness (QED) is 0.722. The van der Waals surface area contributed by atoms with E-state index in [-0.39, 0.29) is 30.5 Å². The Morgan fingerprint density at radius 2 is 1.97 bits per heavy atom. The van der Waals surface area contributed by atoms with Gasteiger partial charge >= 0.3 is 0 Å². The number of aryl methyl sites for hydroxylation is 2. The number of halogens is 1. The third-order valence-electron chi connectivity index (χ3n) is 5.92. The molecule has 2 fully saturated rings. The topological polar surface area (TPSA) is 59.8 Å². The highest BCUT2D eigenvalue weighted by Crippen LogP contribution is 2.22. The van der Waals surface area contributed by atoms with Gasteiger partial charge in [-0.05, 0) is 44.0 Å². The summed E-state index contributed by atoms with van der Waals surface area (Å²) in [4.78, 5) is 16.9. The molecule has 1 amide bonds. The normalized spacial score (nSPS) is 21.2. The lowest BCUT2D eigenvalue weighted by atomic mass is 10.0. The molecule has 0 saturated carbocycles. The van der Waals surface area contributed by atoms with E-state index in [1.165, 1.54) is 17.7 Å². The van der Waals surface area contributed by atoms with Gasteiger partial charge in [0, 0.05) is 44.5 Å². The fraction of sp³-hybridized carbons (Fsp3) is 0.545. The van der Waals surface area contributed by atoms with E-state index < -0.39 is 0 Å². The lowest BCUT2D eigenvalue weighted by molar-refractivity contribution is -0.155. The molecule has 0 N–H and O–H groups in total. The molecule has 1 atom stereocenters. The third kappa shape index (κ3) is 4.99. The number of carbonyl (C=O) groups excluding carboxylic acids is 1. The predicted molar refractivity (Wildman–Crippen MR) is 110 cm³/mol. The molecule has 0 aliphatic carbocycles. The maximum atomic E-state index is 13.0. The van der Waals surface area contributed by atoms with Gasteiger partial charge in [0.25, 0.3) is 0 Å². The molecule has 0 radical (unpaired) electrons. The summed E-state index contributed by atoms with van der Waals surface area (Å²) < 4.78 is 26.3. The Morgan fingerprint density at radius 1 is 1.23 bits per heavy atom. The van der Waals surface area contributed by atoms with Gasteiger partial charge in [0.2, 0.25) is 5.91 Å². The standard InChI is InChI=1S/C22H29FN4O3/c1-16-17(11-25(2)24-16)12-26-9-7-19(8-10-26)27-13-21(30-15-22(27)28)14-29-20-5-3-18(23)4-6-20/h3-6,11,19,21H,7-10,12-15H2,1-2H3. The maximum absolute atomic E-state index is 13.0. The first-order valence-corrected chi connectivity index (χ1v) is 10.5. The molecule has 1 aromatic heterocycles. The first kappa shape index (κ1) is 20.8. The molecule has 2 aliphatic heterocycles. The summed E-state index contributed by atoms with van der Waals surface area (Å²) in [5.41, 5.74) is 2.34.